The van der Waals surface area contributed by atoms with E-state index in [1.807, 2.05) is 13.1 Å². The molecule has 0 aliphatic heterocycles. The van der Waals surface area contributed by atoms with E-state index in [2.05, 4.69) is 51.2 Å². The van der Waals surface area contributed by atoms with Crippen LogP contribution in [-0.2, 0) is 11.3 Å². The lowest BCUT2D eigenvalue weighted by Gasteiger charge is -2.00. The van der Waals surface area contributed by atoms with Gasteiger partial charge in [0, 0.05) is 6.54 Å². The van der Waals surface area contributed by atoms with Crippen LogP contribution in [-0.4, -0.2) is 27.4 Å². The number of hydrogen-bond donors (Lipinski definition) is 1. The molecule has 0 spiro atoms. The zero-order valence-corrected chi connectivity index (χ0v) is 13.1. The Hall–Kier alpha value is -0.960. The van der Waals surface area contributed by atoms with Gasteiger partial charge in [0.15, 0.2) is 0 Å². The molecule has 0 atom stereocenters. The molecule has 18 heavy (non-hydrogen) atoms. The van der Waals surface area contributed by atoms with Crippen molar-refractivity contribution in [1.29, 1.82) is 0 Å². The lowest BCUT2D eigenvalue weighted by atomic mass is 10.2. The third-order valence-electron chi connectivity index (χ3n) is 2.34. The molecular weight excluding hydrogens is 363 g/mol. The van der Waals surface area contributed by atoms with Gasteiger partial charge in [0.1, 0.15) is 12.2 Å². The standard InChI is InChI=1S/C11H13IN4OS/c1-3-13-10(17)6-16-5-8(14-15-16)11-7(2)4-9(12)18-11/h4-5H,3,6H2,1-2H3,(H,13,17). The van der Waals surface area contributed by atoms with Gasteiger partial charge in [-0.2, -0.15) is 0 Å². The number of thiophene rings is 1. The van der Waals surface area contributed by atoms with E-state index in [4.69, 9.17) is 0 Å². The van der Waals surface area contributed by atoms with Crippen molar-refractivity contribution in [3.8, 4) is 10.6 Å². The molecule has 0 bridgehead atoms. The minimum absolute atomic E-state index is 0.0496. The van der Waals surface area contributed by atoms with Crippen molar-refractivity contribution < 1.29 is 4.79 Å². The van der Waals surface area contributed by atoms with Gasteiger partial charge in [0.05, 0.1) is 14.0 Å². The first kappa shape index (κ1) is 13.5. The molecule has 0 saturated heterocycles. The van der Waals surface area contributed by atoms with Crippen molar-refractivity contribution in [3.05, 3.63) is 20.7 Å². The molecule has 0 unspecified atom stereocenters. The zero-order chi connectivity index (χ0) is 13.1. The van der Waals surface area contributed by atoms with E-state index in [1.165, 1.54) is 8.45 Å². The molecule has 1 N–H and O–H groups in total. The van der Waals surface area contributed by atoms with Gasteiger partial charge in [-0.15, -0.1) is 16.4 Å². The second-order valence-electron chi connectivity index (χ2n) is 3.82. The minimum atomic E-state index is -0.0496. The lowest BCUT2D eigenvalue weighted by Crippen LogP contribution is -2.27. The molecule has 2 heterocycles. The largest absolute Gasteiger partial charge is 0.355 e. The Morgan fingerprint density at radius 3 is 3.00 bits per heavy atom. The fourth-order valence-electron chi connectivity index (χ4n) is 1.58. The van der Waals surface area contributed by atoms with Gasteiger partial charge in [-0.1, -0.05) is 5.21 Å². The van der Waals surface area contributed by atoms with Gasteiger partial charge in [0.25, 0.3) is 0 Å². The van der Waals surface area contributed by atoms with Gasteiger partial charge in [-0.25, -0.2) is 4.68 Å². The van der Waals surface area contributed by atoms with E-state index in [-0.39, 0.29) is 12.5 Å². The second kappa shape index (κ2) is 5.79. The average molecular weight is 376 g/mol. The lowest BCUT2D eigenvalue weighted by molar-refractivity contribution is -0.121. The predicted octanol–water partition coefficient (Wildman–Crippen LogP) is 2.06. The van der Waals surface area contributed by atoms with Crippen LogP contribution in [0.25, 0.3) is 10.6 Å². The first-order valence-electron chi connectivity index (χ1n) is 5.53. The monoisotopic (exact) mass is 376 g/mol. The summed E-state index contributed by atoms with van der Waals surface area (Å²) in [6, 6.07) is 2.11. The van der Waals surface area contributed by atoms with Gasteiger partial charge >= 0.3 is 0 Å². The topological polar surface area (TPSA) is 59.8 Å². The Kier molecular flexibility index (Phi) is 4.33. The van der Waals surface area contributed by atoms with Gasteiger partial charge in [-0.05, 0) is 48.1 Å². The van der Waals surface area contributed by atoms with Crippen LogP contribution in [0.15, 0.2) is 12.3 Å². The van der Waals surface area contributed by atoms with Crippen molar-refractivity contribution in [2.75, 3.05) is 6.54 Å². The number of nitrogens with zero attached hydrogens (tertiary/aromatic N) is 3. The summed E-state index contributed by atoms with van der Waals surface area (Å²) in [7, 11) is 0. The van der Waals surface area contributed by atoms with E-state index < -0.39 is 0 Å². The molecule has 96 valence electrons. The number of aryl methyl sites for hydroxylation is 1. The number of hydrogen-bond acceptors (Lipinski definition) is 4. The zero-order valence-electron chi connectivity index (χ0n) is 10.1. The number of carbonyl (C=O) groups excluding carboxylic acids is 1. The highest BCUT2D eigenvalue weighted by molar-refractivity contribution is 14.1. The molecular formula is C11H13IN4OS. The molecule has 5 nitrogen and oxygen atoms in total. The van der Waals surface area contributed by atoms with Crippen molar-refractivity contribution in [2.45, 2.75) is 20.4 Å². The first-order valence-corrected chi connectivity index (χ1v) is 7.42. The minimum Gasteiger partial charge on any atom is -0.355 e. The molecule has 0 radical (unpaired) electrons. The molecule has 0 aliphatic carbocycles. The Bertz CT molecular complexity index is 563. The summed E-state index contributed by atoms with van der Waals surface area (Å²) in [4.78, 5) is 12.5. The van der Waals surface area contributed by atoms with Crippen LogP contribution < -0.4 is 5.32 Å². The van der Waals surface area contributed by atoms with Crippen LogP contribution >= 0.6 is 33.9 Å². The number of nitrogens with one attached hydrogen (secondary N) is 1. The molecule has 2 rings (SSSR count). The smallest absolute Gasteiger partial charge is 0.241 e. The maximum atomic E-state index is 11.4. The molecule has 0 saturated carbocycles. The average Bonchev–Trinajstić information content (AvgIpc) is 2.85. The Morgan fingerprint density at radius 1 is 1.61 bits per heavy atom. The Morgan fingerprint density at radius 2 is 2.39 bits per heavy atom. The highest BCUT2D eigenvalue weighted by atomic mass is 127. The van der Waals surface area contributed by atoms with Crippen LogP contribution in [0, 0.1) is 9.81 Å². The number of likely N-dealkylation sites (N-methyl/N-ethyl adjacent to an activating group) is 1. The molecule has 0 aromatic carbocycles. The fourth-order valence-corrected chi connectivity index (χ4v) is 3.55. The van der Waals surface area contributed by atoms with Gasteiger partial charge in [0.2, 0.25) is 5.91 Å². The van der Waals surface area contributed by atoms with E-state index in [9.17, 15) is 4.79 Å². The van der Waals surface area contributed by atoms with Crippen LogP contribution in [0.5, 0.6) is 0 Å². The Labute approximate surface area is 123 Å². The second-order valence-corrected chi connectivity index (χ2v) is 6.76. The van der Waals surface area contributed by atoms with Crippen LogP contribution in [0.2, 0.25) is 0 Å². The summed E-state index contributed by atoms with van der Waals surface area (Å²) in [5.41, 5.74) is 2.01. The van der Waals surface area contributed by atoms with E-state index >= 15 is 0 Å². The summed E-state index contributed by atoms with van der Waals surface area (Å²) in [6.07, 6.45) is 1.81. The van der Waals surface area contributed by atoms with Crippen molar-refractivity contribution in [2.24, 2.45) is 0 Å². The summed E-state index contributed by atoms with van der Waals surface area (Å²) in [6.45, 7) is 4.78. The maximum absolute atomic E-state index is 11.4. The van der Waals surface area contributed by atoms with Crippen LogP contribution in [0.1, 0.15) is 12.5 Å². The summed E-state index contributed by atoms with van der Waals surface area (Å²) in [5, 5.41) is 10.8. The van der Waals surface area contributed by atoms with E-state index in [1.54, 1.807) is 16.0 Å². The highest BCUT2D eigenvalue weighted by Crippen LogP contribution is 2.31. The molecule has 1 amide bonds. The number of amides is 1. The SMILES string of the molecule is CCNC(=O)Cn1cc(-c2sc(I)cc2C)nn1. The number of aromatic nitrogens is 3. The quantitative estimate of drug-likeness (QED) is 0.832. The van der Waals surface area contributed by atoms with Crippen molar-refractivity contribution in [3.63, 3.8) is 0 Å². The third kappa shape index (κ3) is 3.08. The summed E-state index contributed by atoms with van der Waals surface area (Å²) >= 11 is 3.97. The normalized spacial score (nSPS) is 10.6. The fraction of sp³-hybridized carbons (Fsp3) is 0.364. The van der Waals surface area contributed by atoms with Crippen molar-refractivity contribution >= 4 is 39.8 Å². The number of halogens is 1. The molecule has 0 fully saturated rings. The first-order chi connectivity index (χ1) is 8.60. The summed E-state index contributed by atoms with van der Waals surface area (Å²) in [5.74, 6) is -0.0496. The van der Waals surface area contributed by atoms with Crippen LogP contribution in [0.3, 0.4) is 0 Å². The van der Waals surface area contributed by atoms with Gasteiger partial charge in [-0.3, -0.25) is 4.79 Å². The molecule has 2 aromatic heterocycles. The maximum Gasteiger partial charge on any atom is 0.241 e. The third-order valence-corrected chi connectivity index (χ3v) is 4.36. The van der Waals surface area contributed by atoms with Crippen molar-refractivity contribution in [1.82, 2.24) is 20.3 Å². The summed E-state index contributed by atoms with van der Waals surface area (Å²) < 4.78 is 2.78. The number of carbonyl (C=O) groups is 1. The van der Waals surface area contributed by atoms with E-state index in [0.29, 0.717) is 6.54 Å². The van der Waals surface area contributed by atoms with E-state index in [0.717, 1.165) is 10.6 Å². The van der Waals surface area contributed by atoms with Gasteiger partial charge < -0.3 is 5.32 Å². The molecule has 2 aromatic rings. The molecule has 0 aliphatic rings. The predicted molar refractivity (Wildman–Crippen MR) is 79.5 cm³/mol. The van der Waals surface area contributed by atoms with Crippen LogP contribution in [0.4, 0.5) is 0 Å². The highest BCUT2D eigenvalue weighted by Gasteiger charge is 2.11. The molecule has 7 heteroatoms. The Balaban J connectivity index is 2.15. The number of rotatable bonds is 4.